The number of carbonyl (C=O) groups excluding carboxylic acids is 3. The van der Waals surface area contributed by atoms with E-state index in [0.29, 0.717) is 22.0 Å². The summed E-state index contributed by atoms with van der Waals surface area (Å²) in [5.41, 5.74) is 3.52. The van der Waals surface area contributed by atoms with Crippen LogP contribution in [0, 0.1) is 0 Å². The Balaban J connectivity index is 1.65. The van der Waals surface area contributed by atoms with E-state index in [0.717, 1.165) is 5.01 Å². The first kappa shape index (κ1) is 21.1. The number of halogens is 1. The van der Waals surface area contributed by atoms with E-state index in [9.17, 15) is 14.4 Å². The van der Waals surface area contributed by atoms with Crippen LogP contribution in [0.2, 0.25) is 5.02 Å². The van der Waals surface area contributed by atoms with Crippen LogP contribution in [-0.4, -0.2) is 24.9 Å². The average molecular weight is 449 g/mol. The van der Waals surface area contributed by atoms with E-state index in [2.05, 4.69) is 5.43 Å². The number of methoxy groups -OCH3 is 1. The Bertz CT molecular complexity index is 1240. The number of para-hydroxylation sites is 1. The lowest BCUT2D eigenvalue weighted by molar-refractivity contribution is -0.117. The second kappa shape index (κ2) is 8.95. The summed E-state index contributed by atoms with van der Waals surface area (Å²) < 4.78 is 10.7. The number of benzene rings is 3. The molecule has 7 nitrogen and oxygen atoms in total. The molecule has 1 heterocycles. The molecular weight excluding hydrogens is 432 g/mol. The minimum Gasteiger partial charge on any atom is -0.497 e. The van der Waals surface area contributed by atoms with Gasteiger partial charge < -0.3 is 9.47 Å². The molecule has 2 amide bonds. The third kappa shape index (κ3) is 4.33. The van der Waals surface area contributed by atoms with Crippen molar-refractivity contribution in [2.24, 2.45) is 0 Å². The molecule has 0 unspecified atom stereocenters. The van der Waals surface area contributed by atoms with Gasteiger partial charge in [0.15, 0.2) is 0 Å². The molecule has 1 saturated heterocycles. The molecule has 0 spiro atoms. The number of hydrogen-bond acceptors (Lipinski definition) is 5. The van der Waals surface area contributed by atoms with Gasteiger partial charge in [-0.15, -0.1) is 0 Å². The van der Waals surface area contributed by atoms with Crippen LogP contribution >= 0.6 is 11.6 Å². The van der Waals surface area contributed by atoms with E-state index in [-0.39, 0.29) is 16.9 Å². The Morgan fingerprint density at radius 3 is 2.53 bits per heavy atom. The highest BCUT2D eigenvalue weighted by Crippen LogP contribution is 2.29. The first-order valence-electron chi connectivity index (χ1n) is 9.54. The average Bonchev–Trinajstić information content (AvgIpc) is 3.09. The summed E-state index contributed by atoms with van der Waals surface area (Å²) in [6.07, 6.45) is 1.35. The fraction of sp³-hybridized carbons (Fsp3) is 0.0417. The van der Waals surface area contributed by atoms with Gasteiger partial charge in [-0.3, -0.25) is 15.0 Å². The van der Waals surface area contributed by atoms with Crippen LogP contribution in [0.15, 0.2) is 78.4 Å². The first-order chi connectivity index (χ1) is 15.5. The standard InChI is InChI=1S/C24H17ClN2O5/c1-31-19-9-5-6-15(13-19)24(30)32-21-11-10-17(25)12-16(21)14-20-22(28)26-27(23(20)29)18-7-3-2-4-8-18/h2-14H,1H3,(H,26,28). The van der Waals surface area contributed by atoms with Gasteiger partial charge in [-0.2, -0.15) is 0 Å². The number of ether oxygens (including phenoxy) is 2. The maximum absolute atomic E-state index is 12.9. The van der Waals surface area contributed by atoms with E-state index >= 15 is 0 Å². The van der Waals surface area contributed by atoms with E-state index in [1.165, 1.54) is 25.3 Å². The van der Waals surface area contributed by atoms with E-state index < -0.39 is 17.8 Å². The molecule has 0 bridgehead atoms. The van der Waals surface area contributed by atoms with Gasteiger partial charge in [0.2, 0.25) is 0 Å². The van der Waals surface area contributed by atoms with Crippen LogP contribution in [0.3, 0.4) is 0 Å². The van der Waals surface area contributed by atoms with Crippen molar-refractivity contribution < 1.29 is 23.9 Å². The van der Waals surface area contributed by atoms with Gasteiger partial charge in [-0.1, -0.05) is 35.9 Å². The molecule has 3 aromatic rings. The Morgan fingerprint density at radius 2 is 1.78 bits per heavy atom. The van der Waals surface area contributed by atoms with Crippen molar-refractivity contribution in [3.8, 4) is 11.5 Å². The summed E-state index contributed by atoms with van der Waals surface area (Å²) in [6.45, 7) is 0. The molecule has 0 aromatic heterocycles. The summed E-state index contributed by atoms with van der Waals surface area (Å²) in [7, 11) is 1.50. The van der Waals surface area contributed by atoms with Crippen LogP contribution in [0.4, 0.5) is 5.69 Å². The van der Waals surface area contributed by atoms with Crippen molar-refractivity contribution in [1.82, 2.24) is 5.43 Å². The quantitative estimate of drug-likeness (QED) is 0.276. The van der Waals surface area contributed by atoms with Crippen LogP contribution in [0.25, 0.3) is 6.08 Å². The summed E-state index contributed by atoms with van der Waals surface area (Å²) in [5, 5.41) is 1.50. The SMILES string of the molecule is COc1cccc(C(=O)Oc2ccc(Cl)cc2C=C2C(=O)NN(c3ccccc3)C2=O)c1. The van der Waals surface area contributed by atoms with Crippen molar-refractivity contribution in [1.29, 1.82) is 0 Å². The predicted molar refractivity (Wildman–Crippen MR) is 119 cm³/mol. The number of esters is 1. The smallest absolute Gasteiger partial charge is 0.343 e. The summed E-state index contributed by atoms with van der Waals surface area (Å²) in [5.74, 6) is -1.09. The second-order valence-corrected chi connectivity index (χ2v) is 7.22. The topological polar surface area (TPSA) is 84.9 Å². The van der Waals surface area contributed by atoms with Gasteiger partial charge >= 0.3 is 5.97 Å². The van der Waals surface area contributed by atoms with Crippen molar-refractivity contribution >= 4 is 41.1 Å². The van der Waals surface area contributed by atoms with Crippen LogP contribution < -0.4 is 19.9 Å². The highest BCUT2D eigenvalue weighted by molar-refractivity contribution is 6.32. The molecule has 8 heteroatoms. The molecular formula is C24H17ClN2O5. The largest absolute Gasteiger partial charge is 0.497 e. The van der Waals surface area contributed by atoms with Gasteiger partial charge in [0, 0.05) is 10.6 Å². The lowest BCUT2D eigenvalue weighted by atomic mass is 10.1. The summed E-state index contributed by atoms with van der Waals surface area (Å²) in [6, 6.07) is 19.8. The van der Waals surface area contributed by atoms with E-state index in [4.69, 9.17) is 21.1 Å². The van der Waals surface area contributed by atoms with E-state index in [1.807, 2.05) is 0 Å². The molecule has 32 heavy (non-hydrogen) atoms. The zero-order valence-corrected chi connectivity index (χ0v) is 17.6. The number of rotatable bonds is 5. The lowest BCUT2D eigenvalue weighted by Gasteiger charge is -2.14. The minimum absolute atomic E-state index is 0.116. The normalized spacial score (nSPS) is 14.4. The fourth-order valence-electron chi connectivity index (χ4n) is 3.11. The van der Waals surface area contributed by atoms with Crippen molar-refractivity contribution in [2.75, 3.05) is 12.1 Å². The third-order valence-corrected chi connectivity index (χ3v) is 4.92. The highest BCUT2D eigenvalue weighted by Gasteiger charge is 2.34. The van der Waals surface area contributed by atoms with Gasteiger partial charge in [0.25, 0.3) is 11.8 Å². The van der Waals surface area contributed by atoms with Crippen LogP contribution in [0.1, 0.15) is 15.9 Å². The Kier molecular flexibility index (Phi) is 5.91. The van der Waals surface area contributed by atoms with Crippen molar-refractivity contribution in [3.05, 3.63) is 94.5 Å². The molecule has 1 N–H and O–H groups in total. The Morgan fingerprint density at radius 1 is 1.00 bits per heavy atom. The number of hydrazine groups is 1. The Hall–Kier alpha value is -4.10. The van der Waals surface area contributed by atoms with Crippen LogP contribution in [-0.2, 0) is 9.59 Å². The third-order valence-electron chi connectivity index (χ3n) is 4.69. The molecule has 0 aliphatic carbocycles. The fourth-order valence-corrected chi connectivity index (χ4v) is 3.29. The maximum Gasteiger partial charge on any atom is 0.343 e. The molecule has 0 radical (unpaired) electrons. The molecule has 4 rings (SSSR count). The van der Waals surface area contributed by atoms with E-state index in [1.54, 1.807) is 60.7 Å². The summed E-state index contributed by atoms with van der Waals surface area (Å²) >= 11 is 6.11. The highest BCUT2D eigenvalue weighted by atomic mass is 35.5. The van der Waals surface area contributed by atoms with Crippen molar-refractivity contribution in [2.45, 2.75) is 0 Å². The molecule has 0 saturated carbocycles. The molecule has 1 aliphatic heterocycles. The molecule has 160 valence electrons. The number of anilines is 1. The lowest BCUT2D eigenvalue weighted by Crippen LogP contribution is -2.35. The van der Waals surface area contributed by atoms with Gasteiger partial charge in [0.1, 0.15) is 17.1 Å². The number of amides is 2. The van der Waals surface area contributed by atoms with Gasteiger partial charge in [-0.05, 0) is 54.6 Å². The zero-order valence-electron chi connectivity index (χ0n) is 16.9. The van der Waals surface area contributed by atoms with Gasteiger partial charge in [0.05, 0.1) is 18.4 Å². The zero-order chi connectivity index (χ0) is 22.7. The maximum atomic E-state index is 12.9. The van der Waals surface area contributed by atoms with Crippen molar-refractivity contribution in [3.63, 3.8) is 0 Å². The number of nitrogens with one attached hydrogen (secondary N) is 1. The molecule has 1 aliphatic rings. The first-order valence-corrected chi connectivity index (χ1v) is 9.92. The molecule has 1 fully saturated rings. The number of nitrogens with zero attached hydrogens (tertiary/aromatic N) is 1. The second-order valence-electron chi connectivity index (χ2n) is 6.78. The molecule has 0 atom stereocenters. The number of hydrogen-bond donors (Lipinski definition) is 1. The summed E-state index contributed by atoms with van der Waals surface area (Å²) in [4.78, 5) is 38.0. The van der Waals surface area contributed by atoms with Gasteiger partial charge in [-0.25, -0.2) is 9.80 Å². The molecule has 3 aromatic carbocycles. The van der Waals surface area contributed by atoms with Crippen LogP contribution in [0.5, 0.6) is 11.5 Å². The Labute approximate surface area is 188 Å². The predicted octanol–water partition coefficient (Wildman–Crippen LogP) is 4.03. The minimum atomic E-state index is -0.626. The monoisotopic (exact) mass is 448 g/mol. The number of carbonyl (C=O) groups is 3.